The van der Waals surface area contributed by atoms with Crippen molar-refractivity contribution >= 4 is 23.0 Å². The standard InChI is InChI=1S/C30H34N2O3/c1-30(2,3)35-29(33)31-22-14-15-23(31)19-24(18-22)32-25-11-7-8-12-27(25)34-28-17-21(13-16-26(28)32)20-9-5-4-6-10-20/h5,7-13,16-17,22-24H,4,6,14-15,18-19H2,1-3H3/t22-,23+,24?. The Morgan fingerprint density at radius 1 is 0.943 bits per heavy atom. The number of nitrogens with zero attached hydrogens (tertiary/aromatic N) is 2. The smallest absolute Gasteiger partial charge is 0.410 e. The van der Waals surface area contributed by atoms with E-state index < -0.39 is 5.60 Å². The van der Waals surface area contributed by atoms with Gasteiger partial charge in [0.15, 0.2) is 11.5 Å². The number of piperidine rings is 1. The van der Waals surface area contributed by atoms with Gasteiger partial charge >= 0.3 is 6.09 Å². The summed E-state index contributed by atoms with van der Waals surface area (Å²) in [7, 11) is 0. The molecule has 0 spiro atoms. The van der Waals surface area contributed by atoms with Crippen LogP contribution in [0.3, 0.4) is 0 Å². The number of rotatable bonds is 2. The van der Waals surface area contributed by atoms with Crippen LogP contribution in [0.1, 0.15) is 64.9 Å². The molecule has 2 bridgehead atoms. The Morgan fingerprint density at radius 3 is 2.40 bits per heavy atom. The zero-order valence-corrected chi connectivity index (χ0v) is 20.9. The molecule has 4 aliphatic rings. The van der Waals surface area contributed by atoms with Gasteiger partial charge in [-0.1, -0.05) is 36.4 Å². The van der Waals surface area contributed by atoms with Gasteiger partial charge in [0.1, 0.15) is 5.60 Å². The van der Waals surface area contributed by atoms with Crippen LogP contribution in [0.2, 0.25) is 0 Å². The second-order valence-corrected chi connectivity index (χ2v) is 11.2. The molecule has 2 aromatic carbocycles. The molecule has 0 saturated carbocycles. The molecule has 0 aromatic heterocycles. The number of fused-ring (bicyclic) bond motifs is 4. The summed E-state index contributed by atoms with van der Waals surface area (Å²) in [6.45, 7) is 5.82. The molecule has 182 valence electrons. The fourth-order valence-electron chi connectivity index (χ4n) is 6.16. The summed E-state index contributed by atoms with van der Waals surface area (Å²) >= 11 is 0. The average Bonchev–Trinajstić information content (AvgIpc) is 3.11. The summed E-state index contributed by atoms with van der Waals surface area (Å²) in [5, 5.41) is 0. The molecule has 5 nitrogen and oxygen atoms in total. The van der Waals surface area contributed by atoms with E-state index in [1.54, 1.807) is 0 Å². The number of amides is 1. The topological polar surface area (TPSA) is 42.0 Å². The number of allylic oxidation sites excluding steroid dienone is 4. The number of hydrogen-bond acceptors (Lipinski definition) is 4. The number of para-hydroxylation sites is 2. The van der Waals surface area contributed by atoms with Crippen molar-refractivity contribution in [2.24, 2.45) is 0 Å². The molecule has 5 heteroatoms. The molecule has 1 amide bonds. The second kappa shape index (κ2) is 8.47. The van der Waals surface area contributed by atoms with E-state index in [9.17, 15) is 4.79 Å². The number of carbonyl (C=O) groups is 1. The molecule has 6 rings (SSSR count). The van der Waals surface area contributed by atoms with Gasteiger partial charge < -0.3 is 19.3 Å². The van der Waals surface area contributed by atoms with Crippen molar-refractivity contribution in [2.75, 3.05) is 4.90 Å². The molecule has 3 aliphatic heterocycles. The number of benzene rings is 2. The number of anilines is 2. The molecule has 1 aliphatic carbocycles. The molecule has 2 aromatic rings. The van der Waals surface area contributed by atoms with E-state index in [2.05, 4.69) is 59.5 Å². The maximum Gasteiger partial charge on any atom is 0.410 e. The van der Waals surface area contributed by atoms with Crippen LogP contribution in [0.4, 0.5) is 16.2 Å². The first-order valence-corrected chi connectivity index (χ1v) is 13.0. The molecule has 0 N–H and O–H groups in total. The molecule has 2 saturated heterocycles. The monoisotopic (exact) mass is 470 g/mol. The third-order valence-electron chi connectivity index (χ3n) is 7.57. The van der Waals surface area contributed by atoms with Gasteiger partial charge in [-0.25, -0.2) is 4.79 Å². The van der Waals surface area contributed by atoms with Gasteiger partial charge in [0.2, 0.25) is 0 Å². The van der Waals surface area contributed by atoms with Crippen molar-refractivity contribution in [1.29, 1.82) is 0 Å². The lowest BCUT2D eigenvalue weighted by molar-refractivity contribution is 0.00613. The third kappa shape index (κ3) is 4.11. The van der Waals surface area contributed by atoms with E-state index >= 15 is 0 Å². The van der Waals surface area contributed by atoms with Crippen LogP contribution in [0.25, 0.3) is 5.57 Å². The highest BCUT2D eigenvalue weighted by Gasteiger charge is 2.47. The molecule has 3 heterocycles. The quantitative estimate of drug-likeness (QED) is 0.453. The molecular formula is C30H34N2O3. The van der Waals surface area contributed by atoms with Crippen molar-refractivity contribution in [1.82, 2.24) is 4.90 Å². The highest BCUT2D eigenvalue weighted by atomic mass is 16.6. The first-order valence-electron chi connectivity index (χ1n) is 13.0. The maximum atomic E-state index is 13.0. The van der Waals surface area contributed by atoms with Crippen LogP contribution in [0.15, 0.2) is 60.7 Å². The predicted molar refractivity (Wildman–Crippen MR) is 139 cm³/mol. The molecule has 2 fully saturated rings. The van der Waals surface area contributed by atoms with Crippen LogP contribution in [0.5, 0.6) is 11.5 Å². The SMILES string of the molecule is CC(C)(C)OC(=O)N1[C@@H]2CC[C@H]1CC(N1c3ccccc3Oc3cc(C4=CCCC=C4)ccc31)C2. The summed E-state index contributed by atoms with van der Waals surface area (Å²) in [6, 6.07) is 15.7. The van der Waals surface area contributed by atoms with Crippen LogP contribution >= 0.6 is 0 Å². The molecule has 35 heavy (non-hydrogen) atoms. The Kier molecular flexibility index (Phi) is 5.39. The van der Waals surface area contributed by atoms with Gasteiger partial charge in [-0.15, -0.1) is 0 Å². The lowest BCUT2D eigenvalue weighted by Gasteiger charge is -2.45. The van der Waals surface area contributed by atoms with Gasteiger partial charge in [0, 0.05) is 18.1 Å². The van der Waals surface area contributed by atoms with Gasteiger partial charge in [-0.2, -0.15) is 0 Å². The number of ether oxygens (including phenoxy) is 2. The summed E-state index contributed by atoms with van der Waals surface area (Å²) in [5.41, 5.74) is 4.20. The lowest BCUT2D eigenvalue weighted by Crippen LogP contribution is -2.53. The molecule has 3 atom stereocenters. The summed E-state index contributed by atoms with van der Waals surface area (Å²) < 4.78 is 12.2. The van der Waals surface area contributed by atoms with Crippen LogP contribution in [-0.4, -0.2) is 34.7 Å². The normalized spacial score (nSPS) is 24.9. The minimum absolute atomic E-state index is 0.162. The van der Waals surface area contributed by atoms with E-state index in [0.717, 1.165) is 61.4 Å². The van der Waals surface area contributed by atoms with Gasteiger partial charge in [0.05, 0.1) is 11.4 Å². The van der Waals surface area contributed by atoms with Crippen LogP contribution in [-0.2, 0) is 4.74 Å². The Morgan fingerprint density at radius 2 is 1.69 bits per heavy atom. The minimum Gasteiger partial charge on any atom is -0.453 e. The summed E-state index contributed by atoms with van der Waals surface area (Å²) in [4.78, 5) is 17.5. The molecular weight excluding hydrogens is 436 g/mol. The highest BCUT2D eigenvalue weighted by molar-refractivity contribution is 5.83. The fourth-order valence-corrected chi connectivity index (χ4v) is 6.16. The first-order chi connectivity index (χ1) is 16.9. The fraction of sp³-hybridized carbons (Fsp3) is 0.433. The van der Waals surface area contributed by atoms with Crippen molar-refractivity contribution in [3.8, 4) is 11.5 Å². The average molecular weight is 471 g/mol. The van der Waals surface area contributed by atoms with E-state index in [-0.39, 0.29) is 18.2 Å². The van der Waals surface area contributed by atoms with Gasteiger partial charge in [-0.05, 0) is 94.7 Å². The van der Waals surface area contributed by atoms with Crippen LogP contribution < -0.4 is 9.64 Å². The van der Waals surface area contributed by atoms with Gasteiger partial charge in [-0.3, -0.25) is 0 Å². The predicted octanol–water partition coefficient (Wildman–Crippen LogP) is 7.59. The number of hydrogen-bond donors (Lipinski definition) is 0. The highest BCUT2D eigenvalue weighted by Crippen LogP contribution is 2.51. The zero-order valence-electron chi connectivity index (χ0n) is 20.9. The third-order valence-corrected chi connectivity index (χ3v) is 7.57. The molecule has 0 radical (unpaired) electrons. The van der Waals surface area contributed by atoms with Crippen molar-refractivity contribution < 1.29 is 14.3 Å². The zero-order chi connectivity index (χ0) is 24.2. The Hall–Kier alpha value is -3.21. The van der Waals surface area contributed by atoms with E-state index in [1.165, 1.54) is 11.1 Å². The summed E-state index contributed by atoms with van der Waals surface area (Å²) in [5.74, 6) is 1.80. The maximum absolute atomic E-state index is 13.0. The minimum atomic E-state index is -0.476. The van der Waals surface area contributed by atoms with E-state index in [0.29, 0.717) is 6.04 Å². The Labute approximate surface area is 208 Å². The summed E-state index contributed by atoms with van der Waals surface area (Å²) in [6.07, 6.45) is 12.7. The van der Waals surface area contributed by atoms with E-state index in [1.807, 2.05) is 31.7 Å². The Bertz CT molecular complexity index is 1190. The lowest BCUT2D eigenvalue weighted by atomic mass is 9.93. The first kappa shape index (κ1) is 22.3. The Balaban J connectivity index is 1.32. The second-order valence-electron chi connectivity index (χ2n) is 11.2. The number of carbonyl (C=O) groups excluding carboxylic acids is 1. The van der Waals surface area contributed by atoms with E-state index in [4.69, 9.17) is 9.47 Å². The van der Waals surface area contributed by atoms with Gasteiger partial charge in [0.25, 0.3) is 0 Å². The molecule has 1 unspecified atom stereocenters. The van der Waals surface area contributed by atoms with Crippen LogP contribution in [0, 0.1) is 0 Å². The largest absolute Gasteiger partial charge is 0.453 e. The van der Waals surface area contributed by atoms with Crippen molar-refractivity contribution in [2.45, 2.75) is 83.0 Å². The van der Waals surface area contributed by atoms with Crippen molar-refractivity contribution in [3.63, 3.8) is 0 Å². The van der Waals surface area contributed by atoms with Crippen molar-refractivity contribution in [3.05, 3.63) is 66.3 Å².